The van der Waals surface area contributed by atoms with E-state index in [1.54, 1.807) is 18.2 Å². The first-order valence-corrected chi connectivity index (χ1v) is 3.75. The number of hydrogen-bond acceptors (Lipinski definition) is 4. The highest BCUT2D eigenvalue weighted by Gasteiger charge is 2.16. The van der Waals surface area contributed by atoms with E-state index in [1.807, 2.05) is 0 Å². The van der Waals surface area contributed by atoms with E-state index in [1.165, 1.54) is 0 Å². The SMILES string of the molecule is N#Cc1cc(C#N)c(C(=O)O)c(C#N)c1. The summed E-state index contributed by atoms with van der Waals surface area (Å²) in [5, 5.41) is 34.7. The molecule has 15 heavy (non-hydrogen) atoms. The fraction of sp³-hybridized carbons (Fsp3) is 0. The Morgan fingerprint density at radius 1 is 1.07 bits per heavy atom. The molecule has 0 saturated heterocycles. The van der Waals surface area contributed by atoms with Crippen LogP contribution in [0, 0.1) is 34.0 Å². The molecule has 1 aromatic carbocycles. The van der Waals surface area contributed by atoms with Gasteiger partial charge in [-0.1, -0.05) is 0 Å². The average Bonchev–Trinajstić information content (AvgIpc) is 2.26. The van der Waals surface area contributed by atoms with Crippen molar-refractivity contribution in [3.63, 3.8) is 0 Å². The summed E-state index contributed by atoms with van der Waals surface area (Å²) in [5.74, 6) is -1.35. The van der Waals surface area contributed by atoms with E-state index in [2.05, 4.69) is 0 Å². The highest BCUT2D eigenvalue weighted by Crippen LogP contribution is 2.16. The van der Waals surface area contributed by atoms with Crippen LogP contribution in [0.4, 0.5) is 0 Å². The molecule has 0 aromatic heterocycles. The number of carboxylic acids is 1. The Morgan fingerprint density at radius 2 is 1.53 bits per heavy atom. The zero-order chi connectivity index (χ0) is 11.4. The fourth-order valence-electron chi connectivity index (χ4n) is 1.11. The van der Waals surface area contributed by atoms with Gasteiger partial charge in [-0.3, -0.25) is 0 Å². The van der Waals surface area contributed by atoms with Crippen molar-refractivity contribution >= 4 is 5.97 Å². The summed E-state index contributed by atoms with van der Waals surface area (Å²) in [6.45, 7) is 0. The third kappa shape index (κ3) is 1.75. The first-order valence-electron chi connectivity index (χ1n) is 3.75. The summed E-state index contributed by atoms with van der Waals surface area (Å²) < 4.78 is 0. The molecule has 0 bridgehead atoms. The summed E-state index contributed by atoms with van der Waals surface area (Å²) in [6.07, 6.45) is 0. The van der Waals surface area contributed by atoms with Gasteiger partial charge in [0.1, 0.15) is 12.1 Å². The lowest BCUT2D eigenvalue weighted by molar-refractivity contribution is 0.0696. The van der Waals surface area contributed by atoms with Gasteiger partial charge >= 0.3 is 5.97 Å². The van der Waals surface area contributed by atoms with Crippen LogP contribution in [-0.4, -0.2) is 11.1 Å². The van der Waals surface area contributed by atoms with Crippen LogP contribution in [0.1, 0.15) is 27.0 Å². The van der Waals surface area contributed by atoms with Crippen LogP contribution in [0.2, 0.25) is 0 Å². The van der Waals surface area contributed by atoms with Gasteiger partial charge in [0, 0.05) is 0 Å². The lowest BCUT2D eigenvalue weighted by atomic mass is 9.99. The van der Waals surface area contributed by atoms with Crippen molar-refractivity contribution in [1.82, 2.24) is 0 Å². The smallest absolute Gasteiger partial charge is 0.338 e. The maximum absolute atomic E-state index is 10.8. The van der Waals surface area contributed by atoms with Crippen LogP contribution in [0.3, 0.4) is 0 Å². The highest BCUT2D eigenvalue weighted by atomic mass is 16.4. The minimum Gasteiger partial charge on any atom is -0.478 e. The number of carboxylic acid groups (broad SMARTS) is 1. The highest BCUT2D eigenvalue weighted by molar-refractivity contribution is 5.93. The van der Waals surface area contributed by atoms with E-state index in [-0.39, 0.29) is 22.3 Å². The van der Waals surface area contributed by atoms with Gasteiger partial charge in [-0.2, -0.15) is 15.8 Å². The van der Waals surface area contributed by atoms with Crippen molar-refractivity contribution in [2.24, 2.45) is 0 Å². The number of carbonyl (C=O) groups is 1. The number of nitriles is 3. The monoisotopic (exact) mass is 197 g/mol. The molecule has 70 valence electrons. The molecule has 0 fully saturated rings. The van der Waals surface area contributed by atoms with Crippen LogP contribution in [0.15, 0.2) is 12.1 Å². The van der Waals surface area contributed by atoms with Gasteiger partial charge in [0.25, 0.3) is 0 Å². The number of benzene rings is 1. The Bertz CT molecular complexity index is 520. The second-order valence-corrected chi connectivity index (χ2v) is 2.59. The van der Waals surface area contributed by atoms with Gasteiger partial charge < -0.3 is 5.11 Å². The lowest BCUT2D eigenvalue weighted by Crippen LogP contribution is -2.04. The Hall–Kier alpha value is -2.84. The molecular formula is C10H3N3O2. The summed E-state index contributed by atoms with van der Waals surface area (Å²) in [5.41, 5.74) is -0.636. The summed E-state index contributed by atoms with van der Waals surface area (Å²) in [4.78, 5) is 10.8. The molecule has 1 rings (SSSR count). The Balaban J connectivity index is 3.67. The zero-order valence-electron chi connectivity index (χ0n) is 7.35. The molecular weight excluding hydrogens is 194 g/mol. The second-order valence-electron chi connectivity index (χ2n) is 2.59. The molecule has 1 aromatic rings. The number of nitrogens with zero attached hydrogens (tertiary/aromatic N) is 3. The minimum atomic E-state index is -1.35. The van der Waals surface area contributed by atoms with Gasteiger partial charge in [-0.05, 0) is 12.1 Å². The second kappa shape index (κ2) is 3.91. The maximum atomic E-state index is 10.8. The Morgan fingerprint density at radius 3 is 1.80 bits per heavy atom. The van der Waals surface area contributed by atoms with Crippen LogP contribution >= 0.6 is 0 Å². The Kier molecular flexibility index (Phi) is 2.67. The third-order valence-corrected chi connectivity index (χ3v) is 1.72. The van der Waals surface area contributed by atoms with E-state index in [9.17, 15) is 4.79 Å². The molecule has 0 amide bonds. The minimum absolute atomic E-state index is 0.0908. The quantitative estimate of drug-likeness (QED) is 0.722. The topological polar surface area (TPSA) is 109 Å². The van der Waals surface area contributed by atoms with Gasteiger partial charge in [-0.25, -0.2) is 4.79 Å². The number of rotatable bonds is 1. The molecule has 0 saturated carbocycles. The van der Waals surface area contributed by atoms with Gasteiger partial charge in [-0.15, -0.1) is 0 Å². The van der Waals surface area contributed by atoms with Gasteiger partial charge in [0.05, 0.1) is 28.3 Å². The van der Waals surface area contributed by atoms with Crippen molar-refractivity contribution < 1.29 is 9.90 Å². The van der Waals surface area contributed by atoms with Crippen LogP contribution in [-0.2, 0) is 0 Å². The van der Waals surface area contributed by atoms with Gasteiger partial charge in [0.15, 0.2) is 0 Å². The van der Waals surface area contributed by atoms with E-state index in [0.29, 0.717) is 0 Å². The van der Waals surface area contributed by atoms with Crippen molar-refractivity contribution in [2.75, 3.05) is 0 Å². The van der Waals surface area contributed by atoms with E-state index in [0.717, 1.165) is 12.1 Å². The maximum Gasteiger partial charge on any atom is 0.338 e. The molecule has 0 atom stereocenters. The number of hydrogen-bond donors (Lipinski definition) is 1. The number of aromatic carboxylic acids is 1. The summed E-state index contributed by atoms with van der Waals surface area (Å²) in [7, 11) is 0. The predicted octanol–water partition coefficient (Wildman–Crippen LogP) is 1.000. The van der Waals surface area contributed by atoms with E-state index < -0.39 is 5.97 Å². The normalized spacial score (nSPS) is 8.33. The molecule has 5 heteroatoms. The standard InChI is InChI=1S/C10H3N3O2/c11-3-6-1-7(4-12)9(10(14)15)8(2-6)5-13/h1-2H,(H,14,15). The van der Waals surface area contributed by atoms with E-state index >= 15 is 0 Å². The molecule has 0 spiro atoms. The lowest BCUT2D eigenvalue weighted by Gasteiger charge is -2.01. The van der Waals surface area contributed by atoms with Crippen molar-refractivity contribution in [3.8, 4) is 18.2 Å². The molecule has 0 aliphatic heterocycles. The molecule has 0 unspecified atom stereocenters. The largest absolute Gasteiger partial charge is 0.478 e. The van der Waals surface area contributed by atoms with Crippen LogP contribution in [0.25, 0.3) is 0 Å². The van der Waals surface area contributed by atoms with Crippen molar-refractivity contribution in [2.45, 2.75) is 0 Å². The van der Waals surface area contributed by atoms with Crippen molar-refractivity contribution in [1.29, 1.82) is 15.8 Å². The van der Waals surface area contributed by atoms with Crippen LogP contribution < -0.4 is 0 Å². The van der Waals surface area contributed by atoms with Gasteiger partial charge in [0.2, 0.25) is 0 Å². The van der Waals surface area contributed by atoms with Crippen molar-refractivity contribution in [3.05, 3.63) is 34.4 Å². The molecule has 5 nitrogen and oxygen atoms in total. The third-order valence-electron chi connectivity index (χ3n) is 1.72. The zero-order valence-corrected chi connectivity index (χ0v) is 7.35. The van der Waals surface area contributed by atoms with E-state index in [4.69, 9.17) is 20.9 Å². The first-order chi connectivity index (χ1) is 7.13. The summed E-state index contributed by atoms with van der Waals surface area (Å²) >= 11 is 0. The first kappa shape index (κ1) is 10.2. The molecule has 0 radical (unpaired) electrons. The molecule has 1 N–H and O–H groups in total. The summed E-state index contributed by atoms with van der Waals surface area (Å²) in [6, 6.07) is 7.32. The predicted molar refractivity (Wildman–Crippen MR) is 47.5 cm³/mol. The molecule has 0 aliphatic rings. The molecule has 0 heterocycles. The molecule has 0 aliphatic carbocycles. The Labute approximate surface area is 85.0 Å². The van der Waals surface area contributed by atoms with Crippen LogP contribution in [0.5, 0.6) is 0 Å². The average molecular weight is 197 g/mol. The fourth-order valence-corrected chi connectivity index (χ4v) is 1.11.